The Balaban J connectivity index is 2.35. The molecule has 0 amide bonds. The topological polar surface area (TPSA) is 29.3 Å². The van der Waals surface area contributed by atoms with Gasteiger partial charge in [0.2, 0.25) is 0 Å². The number of likely N-dealkylation sites (tertiary alicyclic amines) is 1. The first-order chi connectivity index (χ1) is 7.47. The molecule has 16 heavy (non-hydrogen) atoms. The van der Waals surface area contributed by atoms with E-state index in [1.165, 1.54) is 38.9 Å². The molecule has 0 saturated carbocycles. The molecule has 1 fully saturated rings. The highest BCUT2D eigenvalue weighted by Gasteiger charge is 2.32. The Labute approximate surface area is 102 Å². The maximum atomic E-state index is 5.83. The van der Waals surface area contributed by atoms with Crippen molar-refractivity contribution in [3.63, 3.8) is 0 Å². The van der Waals surface area contributed by atoms with E-state index in [9.17, 15) is 0 Å². The molecule has 1 saturated heterocycles. The van der Waals surface area contributed by atoms with Crippen LogP contribution in [0.2, 0.25) is 0 Å². The van der Waals surface area contributed by atoms with Gasteiger partial charge in [0.1, 0.15) is 0 Å². The molecule has 0 aliphatic carbocycles. The smallest absolute Gasteiger partial charge is 0.00218 e. The highest BCUT2D eigenvalue weighted by molar-refractivity contribution is 4.84. The second-order valence-corrected chi connectivity index (χ2v) is 6.50. The van der Waals surface area contributed by atoms with E-state index in [0.29, 0.717) is 11.3 Å². The summed E-state index contributed by atoms with van der Waals surface area (Å²) in [5, 5.41) is 0. The zero-order valence-corrected chi connectivity index (χ0v) is 11.6. The minimum atomic E-state index is 0.470. The summed E-state index contributed by atoms with van der Waals surface area (Å²) in [5.74, 6) is 1.58. The van der Waals surface area contributed by atoms with Crippen molar-refractivity contribution in [3.05, 3.63) is 0 Å². The second kappa shape index (κ2) is 6.02. The molecule has 2 atom stereocenters. The van der Waals surface area contributed by atoms with E-state index >= 15 is 0 Å². The van der Waals surface area contributed by atoms with Gasteiger partial charge in [0, 0.05) is 13.1 Å². The monoisotopic (exact) mass is 226 g/mol. The van der Waals surface area contributed by atoms with Gasteiger partial charge >= 0.3 is 0 Å². The van der Waals surface area contributed by atoms with Gasteiger partial charge in [-0.05, 0) is 43.2 Å². The lowest BCUT2D eigenvalue weighted by Crippen LogP contribution is -2.32. The fourth-order valence-corrected chi connectivity index (χ4v) is 2.76. The Morgan fingerprint density at radius 2 is 2.06 bits per heavy atom. The molecular weight excluding hydrogens is 196 g/mol. The van der Waals surface area contributed by atoms with E-state index in [1.54, 1.807) is 0 Å². The molecule has 1 aliphatic heterocycles. The normalized spacial score (nSPS) is 24.9. The van der Waals surface area contributed by atoms with Crippen molar-refractivity contribution < 1.29 is 0 Å². The van der Waals surface area contributed by atoms with Gasteiger partial charge in [-0.3, -0.25) is 0 Å². The first-order valence-corrected chi connectivity index (χ1v) is 6.89. The molecule has 1 rings (SSSR count). The Bertz CT molecular complexity index is 195. The van der Waals surface area contributed by atoms with Crippen molar-refractivity contribution >= 4 is 0 Å². The van der Waals surface area contributed by atoms with Crippen LogP contribution in [0, 0.1) is 17.3 Å². The molecule has 96 valence electrons. The minimum Gasteiger partial charge on any atom is -0.330 e. The summed E-state index contributed by atoms with van der Waals surface area (Å²) in [6, 6.07) is 0. The first kappa shape index (κ1) is 14.0. The highest BCUT2D eigenvalue weighted by atomic mass is 15.1. The summed E-state index contributed by atoms with van der Waals surface area (Å²) in [5.41, 5.74) is 6.30. The summed E-state index contributed by atoms with van der Waals surface area (Å²) in [4.78, 5) is 2.63. The largest absolute Gasteiger partial charge is 0.330 e. The van der Waals surface area contributed by atoms with Crippen molar-refractivity contribution in [1.82, 2.24) is 4.90 Å². The van der Waals surface area contributed by atoms with Crippen molar-refractivity contribution in [2.24, 2.45) is 23.0 Å². The molecule has 1 aliphatic rings. The third kappa shape index (κ3) is 4.06. The predicted octanol–water partition coefficient (Wildman–Crippen LogP) is 2.73. The van der Waals surface area contributed by atoms with Crippen molar-refractivity contribution in [3.8, 4) is 0 Å². The number of nitrogens with zero attached hydrogens (tertiary/aromatic N) is 1. The van der Waals surface area contributed by atoms with Crippen LogP contribution in [0.4, 0.5) is 0 Å². The maximum Gasteiger partial charge on any atom is 0.00218 e. The Morgan fingerprint density at radius 3 is 2.50 bits per heavy atom. The Kier molecular flexibility index (Phi) is 5.26. The van der Waals surface area contributed by atoms with Gasteiger partial charge in [-0.2, -0.15) is 0 Å². The summed E-state index contributed by atoms with van der Waals surface area (Å²) >= 11 is 0. The van der Waals surface area contributed by atoms with Gasteiger partial charge in [-0.15, -0.1) is 0 Å². The summed E-state index contributed by atoms with van der Waals surface area (Å²) in [6.07, 6.45) is 3.92. The third-order valence-corrected chi connectivity index (χ3v) is 4.04. The standard InChI is InChI=1S/C14H30N2/c1-5-6-12(9-15)10-16-8-7-13(11-16)14(2,3)4/h12-13H,5-11,15H2,1-4H3. The third-order valence-electron chi connectivity index (χ3n) is 4.04. The fourth-order valence-electron chi connectivity index (χ4n) is 2.76. The number of nitrogens with two attached hydrogens (primary N) is 1. The van der Waals surface area contributed by atoms with E-state index in [0.717, 1.165) is 12.5 Å². The van der Waals surface area contributed by atoms with Crippen LogP contribution in [-0.2, 0) is 0 Å². The van der Waals surface area contributed by atoms with E-state index in [-0.39, 0.29) is 0 Å². The van der Waals surface area contributed by atoms with Crippen LogP contribution in [0.5, 0.6) is 0 Å². The molecule has 2 unspecified atom stereocenters. The summed E-state index contributed by atoms with van der Waals surface area (Å²) in [6.45, 7) is 14.0. The molecule has 1 heterocycles. The zero-order valence-electron chi connectivity index (χ0n) is 11.6. The molecule has 0 aromatic rings. The molecule has 0 aromatic heterocycles. The van der Waals surface area contributed by atoms with Crippen molar-refractivity contribution in [1.29, 1.82) is 0 Å². The molecule has 2 N–H and O–H groups in total. The molecular formula is C14H30N2. The van der Waals surface area contributed by atoms with Gasteiger partial charge < -0.3 is 10.6 Å². The lowest BCUT2D eigenvalue weighted by Gasteiger charge is -2.28. The first-order valence-electron chi connectivity index (χ1n) is 6.89. The number of rotatable bonds is 5. The van der Waals surface area contributed by atoms with Crippen LogP contribution < -0.4 is 5.73 Å². The van der Waals surface area contributed by atoms with E-state index in [4.69, 9.17) is 5.73 Å². The van der Waals surface area contributed by atoms with E-state index < -0.39 is 0 Å². The molecule has 0 aromatic carbocycles. The second-order valence-electron chi connectivity index (χ2n) is 6.50. The van der Waals surface area contributed by atoms with Crippen LogP contribution in [-0.4, -0.2) is 31.1 Å². The Hall–Kier alpha value is -0.0800. The summed E-state index contributed by atoms with van der Waals surface area (Å²) in [7, 11) is 0. The molecule has 0 radical (unpaired) electrons. The minimum absolute atomic E-state index is 0.470. The molecule has 2 nitrogen and oxygen atoms in total. The molecule has 0 spiro atoms. The van der Waals surface area contributed by atoms with Crippen LogP contribution in [0.25, 0.3) is 0 Å². The lowest BCUT2D eigenvalue weighted by atomic mass is 9.80. The number of hydrogen-bond acceptors (Lipinski definition) is 2. The average molecular weight is 226 g/mol. The van der Waals surface area contributed by atoms with Crippen LogP contribution >= 0.6 is 0 Å². The van der Waals surface area contributed by atoms with Crippen molar-refractivity contribution in [2.45, 2.75) is 47.0 Å². The molecule has 0 bridgehead atoms. The van der Waals surface area contributed by atoms with Crippen molar-refractivity contribution in [2.75, 3.05) is 26.2 Å². The average Bonchev–Trinajstić information content (AvgIpc) is 2.65. The lowest BCUT2D eigenvalue weighted by molar-refractivity contribution is 0.212. The van der Waals surface area contributed by atoms with Gasteiger partial charge in [-0.25, -0.2) is 0 Å². The maximum absolute atomic E-state index is 5.83. The molecule has 2 heteroatoms. The summed E-state index contributed by atoms with van der Waals surface area (Å²) < 4.78 is 0. The van der Waals surface area contributed by atoms with Crippen LogP contribution in [0.1, 0.15) is 47.0 Å². The van der Waals surface area contributed by atoms with E-state index in [2.05, 4.69) is 32.6 Å². The quantitative estimate of drug-likeness (QED) is 0.781. The van der Waals surface area contributed by atoms with Gasteiger partial charge in [0.15, 0.2) is 0 Å². The van der Waals surface area contributed by atoms with Gasteiger partial charge in [0.25, 0.3) is 0 Å². The van der Waals surface area contributed by atoms with Crippen LogP contribution in [0.15, 0.2) is 0 Å². The van der Waals surface area contributed by atoms with Gasteiger partial charge in [0.05, 0.1) is 0 Å². The fraction of sp³-hybridized carbons (Fsp3) is 1.00. The van der Waals surface area contributed by atoms with Crippen LogP contribution in [0.3, 0.4) is 0 Å². The van der Waals surface area contributed by atoms with Gasteiger partial charge in [-0.1, -0.05) is 34.1 Å². The Morgan fingerprint density at radius 1 is 1.38 bits per heavy atom. The zero-order chi connectivity index (χ0) is 12.2. The predicted molar refractivity (Wildman–Crippen MR) is 71.5 cm³/mol. The van der Waals surface area contributed by atoms with E-state index in [1.807, 2.05) is 0 Å². The SMILES string of the molecule is CCCC(CN)CN1CCC(C(C)(C)C)C1. The number of hydrogen-bond donors (Lipinski definition) is 1. The highest BCUT2D eigenvalue weighted by Crippen LogP contribution is 2.33.